The maximum atomic E-state index is 12.8. The van der Waals surface area contributed by atoms with E-state index < -0.39 is 12.7 Å². The van der Waals surface area contributed by atoms with Crippen molar-refractivity contribution in [2.75, 3.05) is 6.54 Å². The number of hydrogen-bond acceptors (Lipinski definition) is 2. The molecule has 0 aromatic heterocycles. The number of rotatable bonds is 3. The summed E-state index contributed by atoms with van der Waals surface area (Å²) in [5, 5.41) is 5.38. The van der Waals surface area contributed by atoms with Crippen LogP contribution in [0.15, 0.2) is 65.8 Å². The molecule has 1 atom stereocenters. The summed E-state index contributed by atoms with van der Waals surface area (Å²) in [6, 6.07) is 18.2. The molecule has 0 N–H and O–H groups in total. The molecule has 2 nitrogen and oxygen atoms in total. The van der Waals surface area contributed by atoms with Crippen LogP contribution in [0.3, 0.4) is 0 Å². The molecule has 0 fully saturated rings. The molecule has 5 heteroatoms. The molecular weight excluding hydrogens is 289 g/mol. The van der Waals surface area contributed by atoms with Gasteiger partial charge in [0, 0.05) is 6.42 Å². The van der Waals surface area contributed by atoms with Gasteiger partial charge in [-0.25, -0.2) is 0 Å². The molecule has 0 bridgehead atoms. The van der Waals surface area contributed by atoms with Crippen LogP contribution in [-0.2, 0) is 0 Å². The topological polar surface area (TPSA) is 15.6 Å². The molecule has 3 rings (SSSR count). The van der Waals surface area contributed by atoms with Crippen LogP contribution in [0, 0.1) is 0 Å². The van der Waals surface area contributed by atoms with Crippen molar-refractivity contribution in [3.05, 3.63) is 71.8 Å². The maximum Gasteiger partial charge on any atom is 0.407 e. The largest absolute Gasteiger partial charge is 0.407 e. The lowest BCUT2D eigenvalue weighted by molar-refractivity contribution is -0.149. The van der Waals surface area contributed by atoms with Gasteiger partial charge >= 0.3 is 6.18 Å². The van der Waals surface area contributed by atoms with Crippen LogP contribution in [-0.4, -0.2) is 23.4 Å². The van der Waals surface area contributed by atoms with Gasteiger partial charge in [-0.15, -0.1) is 0 Å². The van der Waals surface area contributed by atoms with E-state index >= 15 is 0 Å². The zero-order valence-electron chi connectivity index (χ0n) is 11.8. The van der Waals surface area contributed by atoms with Crippen LogP contribution in [0.5, 0.6) is 0 Å². The maximum absolute atomic E-state index is 12.8. The van der Waals surface area contributed by atoms with Crippen LogP contribution < -0.4 is 0 Å². The highest BCUT2D eigenvalue weighted by Gasteiger charge is 2.37. The normalized spacial score (nSPS) is 18.4. The molecular formula is C17H15F3N2. The van der Waals surface area contributed by atoms with Crippen molar-refractivity contribution in [3.8, 4) is 0 Å². The Balaban J connectivity index is 1.91. The molecule has 1 aliphatic rings. The van der Waals surface area contributed by atoms with Crippen molar-refractivity contribution in [3.63, 3.8) is 0 Å². The zero-order valence-corrected chi connectivity index (χ0v) is 11.8. The second kappa shape index (κ2) is 5.83. The summed E-state index contributed by atoms with van der Waals surface area (Å²) in [6.45, 7) is -1.04. The average Bonchev–Trinajstić information content (AvgIpc) is 2.91. The monoisotopic (exact) mass is 304 g/mol. The fraction of sp³-hybridized carbons (Fsp3) is 0.235. The van der Waals surface area contributed by atoms with Gasteiger partial charge in [0.05, 0.1) is 11.8 Å². The van der Waals surface area contributed by atoms with Crippen molar-refractivity contribution in [2.45, 2.75) is 18.6 Å². The Bertz CT molecular complexity index is 651. The van der Waals surface area contributed by atoms with Gasteiger partial charge < -0.3 is 0 Å². The molecule has 114 valence electrons. The molecule has 0 radical (unpaired) electrons. The highest BCUT2D eigenvalue weighted by molar-refractivity contribution is 6.01. The van der Waals surface area contributed by atoms with E-state index in [-0.39, 0.29) is 6.04 Å². The highest BCUT2D eigenvalue weighted by atomic mass is 19.4. The fourth-order valence-corrected chi connectivity index (χ4v) is 2.65. The second-order valence-electron chi connectivity index (χ2n) is 5.26. The third-order valence-electron chi connectivity index (χ3n) is 3.63. The Morgan fingerprint density at radius 1 is 0.955 bits per heavy atom. The third-order valence-corrected chi connectivity index (χ3v) is 3.63. The van der Waals surface area contributed by atoms with Crippen molar-refractivity contribution >= 4 is 5.71 Å². The molecule has 0 saturated heterocycles. The predicted molar refractivity (Wildman–Crippen MR) is 79.5 cm³/mol. The standard InChI is InChI=1S/C17H15F3N2/c18-17(19,20)12-22-16(14-9-5-2-6-10-14)11-15(21-22)13-7-3-1-4-8-13/h1-10,16H,11-12H2. The Hall–Kier alpha value is -2.30. The number of hydrazone groups is 1. The quantitative estimate of drug-likeness (QED) is 0.820. The molecule has 0 saturated carbocycles. The van der Waals surface area contributed by atoms with Gasteiger partial charge in [0.1, 0.15) is 6.54 Å². The van der Waals surface area contributed by atoms with Crippen LogP contribution >= 0.6 is 0 Å². The lowest BCUT2D eigenvalue weighted by Crippen LogP contribution is -2.31. The molecule has 2 aromatic carbocycles. The number of benzene rings is 2. The van der Waals surface area contributed by atoms with E-state index in [1.165, 1.54) is 0 Å². The average molecular weight is 304 g/mol. The van der Waals surface area contributed by atoms with Gasteiger partial charge in [-0.05, 0) is 11.1 Å². The van der Waals surface area contributed by atoms with Gasteiger partial charge in [0.2, 0.25) is 0 Å². The Labute approximate surface area is 126 Å². The number of alkyl halides is 3. The fourth-order valence-electron chi connectivity index (χ4n) is 2.65. The van der Waals surface area contributed by atoms with Crippen LogP contribution in [0.2, 0.25) is 0 Å². The molecule has 2 aromatic rings. The van der Waals surface area contributed by atoms with E-state index in [0.717, 1.165) is 16.1 Å². The van der Waals surface area contributed by atoms with E-state index in [9.17, 15) is 13.2 Å². The zero-order chi connectivity index (χ0) is 15.6. The van der Waals surface area contributed by atoms with Gasteiger partial charge in [-0.3, -0.25) is 5.01 Å². The molecule has 22 heavy (non-hydrogen) atoms. The van der Waals surface area contributed by atoms with E-state index in [1.54, 1.807) is 0 Å². The number of nitrogens with zero attached hydrogens (tertiary/aromatic N) is 2. The molecule has 1 aliphatic heterocycles. The first kappa shape index (κ1) is 14.6. The molecule has 1 heterocycles. The summed E-state index contributed by atoms with van der Waals surface area (Å²) in [5.74, 6) is 0. The van der Waals surface area contributed by atoms with E-state index in [1.807, 2.05) is 60.7 Å². The van der Waals surface area contributed by atoms with E-state index in [4.69, 9.17) is 0 Å². The summed E-state index contributed by atoms with van der Waals surface area (Å²) >= 11 is 0. The van der Waals surface area contributed by atoms with Gasteiger partial charge in [-0.2, -0.15) is 18.3 Å². The molecule has 1 unspecified atom stereocenters. The summed E-state index contributed by atoms with van der Waals surface area (Å²) in [4.78, 5) is 0. The lowest BCUT2D eigenvalue weighted by Gasteiger charge is -2.24. The second-order valence-corrected chi connectivity index (χ2v) is 5.26. The number of halogens is 3. The Morgan fingerprint density at radius 3 is 2.14 bits per heavy atom. The summed E-state index contributed by atoms with van der Waals surface area (Å²) < 4.78 is 38.4. The first-order valence-corrected chi connectivity index (χ1v) is 7.04. The highest BCUT2D eigenvalue weighted by Crippen LogP contribution is 2.34. The minimum Gasteiger partial charge on any atom is -0.280 e. The van der Waals surface area contributed by atoms with Gasteiger partial charge in [-0.1, -0.05) is 60.7 Å². The van der Waals surface area contributed by atoms with E-state index in [0.29, 0.717) is 12.1 Å². The van der Waals surface area contributed by atoms with Gasteiger partial charge in [0.25, 0.3) is 0 Å². The minimum atomic E-state index is -4.28. The molecule has 0 spiro atoms. The third kappa shape index (κ3) is 3.30. The predicted octanol–water partition coefficient (Wildman–Crippen LogP) is 4.40. The Morgan fingerprint density at radius 2 is 1.55 bits per heavy atom. The van der Waals surface area contributed by atoms with Crippen LogP contribution in [0.4, 0.5) is 13.2 Å². The van der Waals surface area contributed by atoms with Crippen molar-refractivity contribution in [1.29, 1.82) is 0 Å². The molecule has 0 aliphatic carbocycles. The number of hydrogen-bond donors (Lipinski definition) is 0. The summed E-state index contributed by atoms with van der Waals surface area (Å²) in [5.41, 5.74) is 2.41. The lowest BCUT2D eigenvalue weighted by atomic mass is 9.98. The first-order chi connectivity index (χ1) is 10.5. The minimum absolute atomic E-state index is 0.377. The van der Waals surface area contributed by atoms with Crippen LogP contribution in [0.25, 0.3) is 0 Å². The van der Waals surface area contributed by atoms with Crippen molar-refractivity contribution in [2.24, 2.45) is 5.10 Å². The van der Waals surface area contributed by atoms with Crippen molar-refractivity contribution in [1.82, 2.24) is 5.01 Å². The van der Waals surface area contributed by atoms with E-state index in [2.05, 4.69) is 5.10 Å². The molecule has 0 amide bonds. The summed E-state index contributed by atoms with van der Waals surface area (Å²) in [6.07, 6.45) is -3.80. The smallest absolute Gasteiger partial charge is 0.280 e. The Kier molecular flexibility index (Phi) is 3.88. The first-order valence-electron chi connectivity index (χ1n) is 7.04. The van der Waals surface area contributed by atoms with Gasteiger partial charge in [0.15, 0.2) is 0 Å². The van der Waals surface area contributed by atoms with Crippen molar-refractivity contribution < 1.29 is 13.2 Å². The summed E-state index contributed by atoms with van der Waals surface area (Å²) in [7, 11) is 0. The van der Waals surface area contributed by atoms with Crippen LogP contribution in [0.1, 0.15) is 23.6 Å². The SMILES string of the molecule is FC(F)(F)CN1N=C(c2ccccc2)CC1c1ccccc1.